The maximum Gasteiger partial charge on any atom is 0.238 e. The third kappa shape index (κ3) is 6.60. The highest BCUT2D eigenvalue weighted by Crippen LogP contribution is 2.20. The van der Waals surface area contributed by atoms with E-state index in [0.717, 1.165) is 10.0 Å². The topological polar surface area (TPSA) is 66.5 Å². The second-order valence-electron chi connectivity index (χ2n) is 6.15. The summed E-state index contributed by atoms with van der Waals surface area (Å²) in [4.78, 5) is 14.4. The van der Waals surface area contributed by atoms with Crippen LogP contribution in [0.1, 0.15) is 12.5 Å². The average Bonchev–Trinajstić information content (AvgIpc) is 2.62. The molecule has 2 aromatic carbocycles. The van der Waals surface area contributed by atoms with Gasteiger partial charge in [-0.15, -0.1) is 0 Å². The molecule has 0 saturated carbocycles. The van der Waals surface area contributed by atoms with Gasteiger partial charge in [-0.2, -0.15) is 0 Å². The van der Waals surface area contributed by atoms with Gasteiger partial charge in [0.05, 0.1) is 17.2 Å². The molecule has 27 heavy (non-hydrogen) atoms. The van der Waals surface area contributed by atoms with Gasteiger partial charge in [-0.25, -0.2) is 8.42 Å². The molecule has 0 aliphatic heterocycles. The molecule has 1 amide bonds. The molecule has 8 heteroatoms. The monoisotopic (exact) mass is 472 g/mol. The van der Waals surface area contributed by atoms with Crippen LogP contribution in [0.3, 0.4) is 0 Å². The van der Waals surface area contributed by atoms with E-state index in [1.165, 1.54) is 0 Å². The van der Waals surface area contributed by atoms with Crippen LogP contribution in [0.4, 0.5) is 5.69 Å². The fourth-order valence-corrected chi connectivity index (χ4v) is 4.20. The van der Waals surface area contributed by atoms with E-state index in [-0.39, 0.29) is 29.6 Å². The summed E-state index contributed by atoms with van der Waals surface area (Å²) in [6, 6.07) is 11.8. The van der Waals surface area contributed by atoms with Gasteiger partial charge in [0, 0.05) is 21.7 Å². The van der Waals surface area contributed by atoms with Gasteiger partial charge in [-0.1, -0.05) is 40.5 Å². The number of amides is 1. The lowest BCUT2D eigenvalue weighted by molar-refractivity contribution is -0.117. The maximum absolute atomic E-state index is 12.5. The molecule has 1 N–H and O–H groups in total. The number of anilines is 1. The van der Waals surface area contributed by atoms with E-state index in [4.69, 9.17) is 11.6 Å². The first-order valence-corrected chi connectivity index (χ1v) is 11.3. The van der Waals surface area contributed by atoms with Gasteiger partial charge in [0.1, 0.15) is 0 Å². The number of nitrogens with one attached hydrogen (secondary N) is 1. The minimum atomic E-state index is -3.40. The van der Waals surface area contributed by atoms with E-state index < -0.39 is 9.84 Å². The van der Waals surface area contributed by atoms with Gasteiger partial charge in [0.2, 0.25) is 5.91 Å². The quantitative estimate of drug-likeness (QED) is 0.625. The van der Waals surface area contributed by atoms with Crippen LogP contribution in [-0.2, 0) is 14.6 Å². The summed E-state index contributed by atoms with van der Waals surface area (Å²) in [6.07, 6.45) is 0. The zero-order valence-electron chi connectivity index (χ0n) is 15.2. The molecule has 0 aliphatic rings. The predicted octanol–water partition coefficient (Wildman–Crippen LogP) is 4.15. The summed E-state index contributed by atoms with van der Waals surface area (Å²) < 4.78 is 25.8. The van der Waals surface area contributed by atoms with Gasteiger partial charge < -0.3 is 5.32 Å². The van der Waals surface area contributed by atoms with Crippen LogP contribution < -0.4 is 5.32 Å². The van der Waals surface area contributed by atoms with Gasteiger partial charge in [0.25, 0.3) is 0 Å². The highest BCUT2D eigenvalue weighted by atomic mass is 79.9. The number of benzene rings is 2. The number of nitrogens with zero attached hydrogens (tertiary/aromatic N) is 1. The van der Waals surface area contributed by atoms with Gasteiger partial charge in [-0.05, 0) is 55.4 Å². The summed E-state index contributed by atoms with van der Waals surface area (Å²) >= 11 is 9.26. The zero-order valence-corrected chi connectivity index (χ0v) is 18.4. The smallest absolute Gasteiger partial charge is 0.238 e. The van der Waals surface area contributed by atoms with Crippen LogP contribution >= 0.6 is 27.5 Å². The summed E-state index contributed by atoms with van der Waals surface area (Å²) in [5.74, 6) is -0.255. The number of carbonyl (C=O) groups excluding carboxylic acids is 1. The Morgan fingerprint density at radius 2 is 1.85 bits per heavy atom. The van der Waals surface area contributed by atoms with Crippen molar-refractivity contribution in [2.45, 2.75) is 18.7 Å². The van der Waals surface area contributed by atoms with Crippen LogP contribution in [0, 0.1) is 6.92 Å². The Hall–Kier alpha value is -1.41. The lowest BCUT2D eigenvalue weighted by atomic mass is 10.2. The van der Waals surface area contributed by atoms with Gasteiger partial charge >= 0.3 is 0 Å². The van der Waals surface area contributed by atoms with E-state index in [1.807, 2.05) is 19.9 Å². The summed E-state index contributed by atoms with van der Waals surface area (Å²) in [5, 5.41) is 3.38. The van der Waals surface area contributed by atoms with Crippen LogP contribution in [0.25, 0.3) is 0 Å². The number of likely N-dealkylation sites (N-methyl/N-ethyl adjacent to an activating group) is 1. The fourth-order valence-electron chi connectivity index (χ4n) is 2.48. The van der Waals surface area contributed by atoms with Gasteiger partial charge in [-0.3, -0.25) is 9.69 Å². The zero-order chi connectivity index (χ0) is 20.0. The largest absolute Gasteiger partial charge is 0.325 e. The van der Waals surface area contributed by atoms with E-state index >= 15 is 0 Å². The van der Waals surface area contributed by atoms with E-state index in [1.54, 1.807) is 41.3 Å². The third-order valence-electron chi connectivity index (χ3n) is 4.14. The van der Waals surface area contributed by atoms with Crippen molar-refractivity contribution in [2.75, 3.05) is 30.7 Å². The van der Waals surface area contributed by atoms with Gasteiger partial charge in [0.15, 0.2) is 9.84 Å². The molecule has 0 atom stereocenters. The number of carbonyl (C=O) groups is 1. The molecule has 0 saturated heterocycles. The lowest BCUT2D eigenvalue weighted by Crippen LogP contribution is -2.36. The van der Waals surface area contributed by atoms with E-state index in [2.05, 4.69) is 21.2 Å². The van der Waals surface area contributed by atoms with E-state index in [9.17, 15) is 13.2 Å². The Bertz CT molecular complexity index is 902. The van der Waals surface area contributed by atoms with Crippen LogP contribution in [0.5, 0.6) is 0 Å². The van der Waals surface area contributed by atoms with Crippen molar-refractivity contribution >= 4 is 49.0 Å². The number of aryl methyl sites for hydroxylation is 1. The van der Waals surface area contributed by atoms with Crippen LogP contribution in [-0.4, -0.2) is 44.6 Å². The van der Waals surface area contributed by atoms with E-state index in [0.29, 0.717) is 17.3 Å². The Morgan fingerprint density at radius 3 is 2.48 bits per heavy atom. The Morgan fingerprint density at radius 1 is 1.19 bits per heavy atom. The normalized spacial score (nSPS) is 11.6. The minimum absolute atomic E-state index is 0.0497. The SMILES string of the molecule is CCN(CCS(=O)(=O)c1ccc(Br)cc1)CC(=O)Nc1cc(Cl)ccc1C. The number of rotatable bonds is 8. The summed E-state index contributed by atoms with van der Waals surface area (Å²) in [5.41, 5.74) is 1.57. The first-order valence-electron chi connectivity index (χ1n) is 8.48. The Balaban J connectivity index is 1.95. The van der Waals surface area contributed by atoms with Crippen molar-refractivity contribution in [3.05, 3.63) is 57.5 Å². The third-order valence-corrected chi connectivity index (χ3v) is 6.61. The lowest BCUT2D eigenvalue weighted by Gasteiger charge is -2.20. The van der Waals surface area contributed by atoms with Crippen LogP contribution in [0.2, 0.25) is 5.02 Å². The van der Waals surface area contributed by atoms with Crippen LogP contribution in [0.15, 0.2) is 51.8 Å². The second-order valence-corrected chi connectivity index (χ2v) is 9.61. The molecule has 0 spiro atoms. The highest BCUT2D eigenvalue weighted by Gasteiger charge is 2.17. The molecule has 0 aromatic heterocycles. The molecular formula is C19H22BrClN2O3S. The van der Waals surface area contributed by atoms with Crippen molar-refractivity contribution in [3.63, 3.8) is 0 Å². The Labute approximate surface area is 173 Å². The molecule has 0 unspecified atom stereocenters. The number of halogens is 2. The minimum Gasteiger partial charge on any atom is -0.325 e. The average molecular weight is 474 g/mol. The fraction of sp³-hybridized carbons (Fsp3) is 0.316. The Kier molecular flexibility index (Phi) is 7.85. The molecule has 0 heterocycles. The maximum atomic E-state index is 12.5. The molecule has 0 fully saturated rings. The molecule has 2 aromatic rings. The highest BCUT2D eigenvalue weighted by molar-refractivity contribution is 9.10. The molecule has 5 nitrogen and oxygen atoms in total. The van der Waals surface area contributed by atoms with Crippen molar-refractivity contribution < 1.29 is 13.2 Å². The molecule has 146 valence electrons. The summed E-state index contributed by atoms with van der Waals surface area (Å²) in [6.45, 7) is 4.73. The van der Waals surface area contributed by atoms with Crippen molar-refractivity contribution in [3.8, 4) is 0 Å². The first kappa shape index (κ1) is 21.9. The first-order chi connectivity index (χ1) is 12.7. The molecular weight excluding hydrogens is 452 g/mol. The van der Waals surface area contributed by atoms with Crippen molar-refractivity contribution in [2.24, 2.45) is 0 Å². The number of sulfone groups is 1. The molecule has 0 radical (unpaired) electrons. The standard InChI is InChI=1S/C19H22BrClN2O3S/c1-3-23(10-11-27(25,26)17-8-5-15(20)6-9-17)13-19(24)22-18-12-16(21)7-4-14(18)2/h4-9,12H,3,10-11,13H2,1-2H3,(H,22,24). The molecule has 0 bridgehead atoms. The second kappa shape index (κ2) is 9.68. The molecule has 2 rings (SSSR count). The summed E-state index contributed by atoms with van der Waals surface area (Å²) in [7, 11) is -3.40. The predicted molar refractivity (Wildman–Crippen MR) is 113 cm³/mol. The number of hydrogen-bond acceptors (Lipinski definition) is 4. The van der Waals surface area contributed by atoms with Crippen molar-refractivity contribution in [1.82, 2.24) is 4.90 Å². The number of hydrogen-bond donors (Lipinski definition) is 1. The van der Waals surface area contributed by atoms with Crippen molar-refractivity contribution in [1.29, 1.82) is 0 Å². The molecule has 0 aliphatic carbocycles.